The van der Waals surface area contributed by atoms with E-state index in [1.54, 1.807) is 6.20 Å². The molecule has 1 amide bonds. The zero-order valence-corrected chi connectivity index (χ0v) is 18.9. The Morgan fingerprint density at radius 2 is 1.94 bits per heavy atom. The Hall–Kier alpha value is -4.18. The van der Waals surface area contributed by atoms with Crippen molar-refractivity contribution in [2.45, 2.75) is 39.8 Å². The highest BCUT2D eigenvalue weighted by molar-refractivity contribution is 6.06. The molecule has 0 radical (unpaired) electrons. The predicted molar refractivity (Wildman–Crippen MR) is 127 cm³/mol. The van der Waals surface area contributed by atoms with Crippen LogP contribution in [0.2, 0.25) is 0 Å². The van der Waals surface area contributed by atoms with E-state index in [9.17, 15) is 4.79 Å². The molecular formula is C26H25N5O2. The Bertz CT molecular complexity index is 1330. The first-order valence-electron chi connectivity index (χ1n) is 10.8. The molecule has 7 heteroatoms. The first-order chi connectivity index (χ1) is 16.0. The van der Waals surface area contributed by atoms with Crippen molar-refractivity contribution >= 4 is 22.6 Å². The Labute approximate surface area is 192 Å². The number of hydrogen-bond acceptors (Lipinski definition) is 5. The standard InChI is InChI=1S/C26H25N5O2/c1-17(2)31-25-21(15-28-31)14-23(18(3)29-25)26(32)30-24-7-5-4-6-20(24)16-33-22-10-8-19(9-11-22)12-13-27/h4-11,14-15,17H,12,16H2,1-3H3,(H,30,32). The monoisotopic (exact) mass is 439 g/mol. The van der Waals surface area contributed by atoms with Crippen LogP contribution in [-0.2, 0) is 13.0 Å². The van der Waals surface area contributed by atoms with Gasteiger partial charge < -0.3 is 10.1 Å². The van der Waals surface area contributed by atoms with Gasteiger partial charge in [-0.2, -0.15) is 10.4 Å². The third-order valence-electron chi connectivity index (χ3n) is 5.36. The number of nitriles is 1. The highest BCUT2D eigenvalue weighted by atomic mass is 16.5. The summed E-state index contributed by atoms with van der Waals surface area (Å²) in [5, 5.41) is 17.0. The zero-order valence-electron chi connectivity index (χ0n) is 18.9. The SMILES string of the molecule is Cc1nc2c(cnn2C(C)C)cc1C(=O)Nc1ccccc1COc1ccc(CC#N)cc1. The maximum atomic E-state index is 13.1. The third-order valence-corrected chi connectivity index (χ3v) is 5.36. The summed E-state index contributed by atoms with van der Waals surface area (Å²) in [7, 11) is 0. The van der Waals surface area contributed by atoms with Crippen molar-refractivity contribution in [3.8, 4) is 11.8 Å². The normalized spacial score (nSPS) is 10.9. The van der Waals surface area contributed by atoms with E-state index in [2.05, 4.69) is 21.5 Å². The fourth-order valence-electron chi connectivity index (χ4n) is 3.59. The Morgan fingerprint density at radius 1 is 1.18 bits per heavy atom. The lowest BCUT2D eigenvalue weighted by Crippen LogP contribution is -2.16. The third kappa shape index (κ3) is 4.85. The van der Waals surface area contributed by atoms with Crippen molar-refractivity contribution in [2.24, 2.45) is 0 Å². The van der Waals surface area contributed by atoms with Crippen LogP contribution in [0.25, 0.3) is 11.0 Å². The number of hydrogen-bond donors (Lipinski definition) is 1. The largest absolute Gasteiger partial charge is 0.489 e. The number of aromatic nitrogens is 3. The van der Waals surface area contributed by atoms with Crippen LogP contribution < -0.4 is 10.1 Å². The molecule has 2 heterocycles. The smallest absolute Gasteiger partial charge is 0.257 e. The van der Waals surface area contributed by atoms with Gasteiger partial charge in [-0.3, -0.25) is 4.79 Å². The van der Waals surface area contributed by atoms with Gasteiger partial charge in [0.05, 0.1) is 29.9 Å². The van der Waals surface area contributed by atoms with Crippen molar-refractivity contribution in [1.29, 1.82) is 5.26 Å². The summed E-state index contributed by atoms with van der Waals surface area (Å²) in [4.78, 5) is 17.7. The van der Waals surface area contributed by atoms with Crippen molar-refractivity contribution in [3.05, 3.63) is 83.2 Å². The average molecular weight is 440 g/mol. The summed E-state index contributed by atoms with van der Waals surface area (Å²) >= 11 is 0. The molecule has 0 saturated heterocycles. The van der Waals surface area contributed by atoms with Gasteiger partial charge in [0.25, 0.3) is 5.91 Å². The Kier molecular flexibility index (Phi) is 6.36. The van der Waals surface area contributed by atoms with Gasteiger partial charge in [-0.15, -0.1) is 0 Å². The van der Waals surface area contributed by atoms with Crippen LogP contribution in [0.1, 0.15) is 47.1 Å². The molecule has 7 nitrogen and oxygen atoms in total. The Balaban J connectivity index is 1.51. The minimum absolute atomic E-state index is 0.184. The van der Waals surface area contributed by atoms with E-state index in [4.69, 9.17) is 10.00 Å². The lowest BCUT2D eigenvalue weighted by Gasteiger charge is -2.13. The number of carbonyl (C=O) groups is 1. The quantitative estimate of drug-likeness (QED) is 0.426. The molecule has 4 rings (SSSR count). The van der Waals surface area contributed by atoms with Crippen molar-refractivity contribution < 1.29 is 9.53 Å². The molecule has 2 aromatic heterocycles. The van der Waals surface area contributed by atoms with Crippen LogP contribution in [0.5, 0.6) is 5.75 Å². The molecule has 0 bridgehead atoms. The van der Waals surface area contributed by atoms with Gasteiger partial charge in [0.15, 0.2) is 5.65 Å². The lowest BCUT2D eigenvalue weighted by atomic mass is 10.1. The first kappa shape index (κ1) is 22.0. The van der Waals surface area contributed by atoms with Crippen LogP contribution in [0.4, 0.5) is 5.69 Å². The van der Waals surface area contributed by atoms with Gasteiger partial charge in [-0.05, 0) is 50.6 Å². The topological polar surface area (TPSA) is 92.8 Å². The molecule has 0 unspecified atom stereocenters. The molecule has 0 aliphatic heterocycles. The van der Waals surface area contributed by atoms with Gasteiger partial charge in [-0.25, -0.2) is 9.67 Å². The molecule has 2 aromatic carbocycles. The van der Waals surface area contributed by atoms with Crippen LogP contribution >= 0.6 is 0 Å². The Morgan fingerprint density at radius 3 is 2.67 bits per heavy atom. The van der Waals surface area contributed by atoms with E-state index in [0.29, 0.717) is 35.7 Å². The second-order valence-electron chi connectivity index (χ2n) is 8.10. The van der Waals surface area contributed by atoms with Gasteiger partial charge in [0, 0.05) is 22.7 Å². The van der Waals surface area contributed by atoms with Crippen molar-refractivity contribution in [1.82, 2.24) is 14.8 Å². The van der Waals surface area contributed by atoms with Crippen LogP contribution in [0.15, 0.2) is 60.8 Å². The average Bonchev–Trinajstić information content (AvgIpc) is 3.22. The predicted octanol–water partition coefficient (Wildman–Crippen LogP) is 5.22. The summed E-state index contributed by atoms with van der Waals surface area (Å²) in [5.41, 5.74) is 4.40. The van der Waals surface area contributed by atoms with E-state index in [1.807, 2.05) is 80.1 Å². The van der Waals surface area contributed by atoms with E-state index in [0.717, 1.165) is 22.2 Å². The van der Waals surface area contributed by atoms with Crippen LogP contribution in [0, 0.1) is 18.3 Å². The summed E-state index contributed by atoms with van der Waals surface area (Å²) in [6.07, 6.45) is 2.11. The first-order valence-corrected chi connectivity index (χ1v) is 10.8. The number of pyridine rings is 1. The number of nitrogens with one attached hydrogen (secondary N) is 1. The summed E-state index contributed by atoms with van der Waals surface area (Å²) in [6, 6.07) is 19.1. The molecule has 0 fully saturated rings. The van der Waals surface area contributed by atoms with Gasteiger partial charge in [-0.1, -0.05) is 30.3 Å². The van der Waals surface area contributed by atoms with Gasteiger partial charge >= 0.3 is 0 Å². The fraction of sp³-hybridized carbons (Fsp3) is 0.231. The number of nitrogens with zero attached hydrogens (tertiary/aromatic N) is 4. The molecule has 0 spiro atoms. The number of para-hydroxylation sites is 1. The molecule has 33 heavy (non-hydrogen) atoms. The molecule has 0 saturated carbocycles. The number of rotatable bonds is 7. The second kappa shape index (κ2) is 9.53. The zero-order chi connectivity index (χ0) is 23.4. The van der Waals surface area contributed by atoms with E-state index in [1.165, 1.54) is 0 Å². The van der Waals surface area contributed by atoms with E-state index >= 15 is 0 Å². The number of benzene rings is 2. The summed E-state index contributed by atoms with van der Waals surface area (Å²) in [5.74, 6) is 0.470. The number of aryl methyl sites for hydroxylation is 1. The number of carbonyl (C=O) groups excluding carboxylic acids is 1. The minimum atomic E-state index is -0.229. The van der Waals surface area contributed by atoms with Gasteiger partial charge in [0.1, 0.15) is 12.4 Å². The van der Waals surface area contributed by atoms with Crippen LogP contribution in [0.3, 0.4) is 0 Å². The molecule has 0 aliphatic rings. The molecule has 1 N–H and O–H groups in total. The molecule has 0 atom stereocenters. The van der Waals surface area contributed by atoms with Crippen LogP contribution in [-0.4, -0.2) is 20.7 Å². The van der Waals surface area contributed by atoms with E-state index < -0.39 is 0 Å². The molecule has 166 valence electrons. The number of ether oxygens (including phenoxy) is 1. The lowest BCUT2D eigenvalue weighted by molar-refractivity contribution is 0.102. The number of anilines is 1. The summed E-state index contributed by atoms with van der Waals surface area (Å²) < 4.78 is 7.75. The number of amides is 1. The minimum Gasteiger partial charge on any atom is -0.489 e. The molecule has 0 aliphatic carbocycles. The highest BCUT2D eigenvalue weighted by Crippen LogP contribution is 2.23. The van der Waals surface area contributed by atoms with Crippen molar-refractivity contribution in [3.63, 3.8) is 0 Å². The fourth-order valence-corrected chi connectivity index (χ4v) is 3.59. The van der Waals surface area contributed by atoms with Gasteiger partial charge in [0.2, 0.25) is 0 Å². The maximum absolute atomic E-state index is 13.1. The molecule has 4 aromatic rings. The second-order valence-corrected chi connectivity index (χ2v) is 8.10. The van der Waals surface area contributed by atoms with E-state index in [-0.39, 0.29) is 11.9 Å². The van der Waals surface area contributed by atoms with Crippen molar-refractivity contribution in [2.75, 3.05) is 5.32 Å². The number of fused-ring (bicyclic) bond motifs is 1. The summed E-state index contributed by atoms with van der Waals surface area (Å²) in [6.45, 7) is 6.22. The molecular weight excluding hydrogens is 414 g/mol. The highest BCUT2D eigenvalue weighted by Gasteiger charge is 2.16. The maximum Gasteiger partial charge on any atom is 0.257 e.